The van der Waals surface area contributed by atoms with Crippen molar-refractivity contribution in [1.82, 2.24) is 4.90 Å². The van der Waals surface area contributed by atoms with E-state index in [2.05, 4.69) is 0 Å². The molecule has 1 aromatic rings. The van der Waals surface area contributed by atoms with Crippen LogP contribution in [0.5, 0.6) is 5.75 Å². The molecule has 1 fully saturated rings. The summed E-state index contributed by atoms with van der Waals surface area (Å²) in [6.45, 7) is 5.22. The molecule has 0 spiro atoms. The van der Waals surface area contributed by atoms with Crippen LogP contribution in [0.4, 0.5) is 0 Å². The Hall–Kier alpha value is -1.55. The fourth-order valence-corrected chi connectivity index (χ4v) is 2.61. The van der Waals surface area contributed by atoms with Crippen LogP contribution in [0.1, 0.15) is 30.4 Å². The van der Waals surface area contributed by atoms with Gasteiger partial charge in [0, 0.05) is 6.54 Å². The maximum absolute atomic E-state index is 12.1. The summed E-state index contributed by atoms with van der Waals surface area (Å²) in [5, 5.41) is 9.23. The van der Waals surface area contributed by atoms with Gasteiger partial charge in [0.2, 0.25) is 5.91 Å². The van der Waals surface area contributed by atoms with Gasteiger partial charge in [0.15, 0.2) is 0 Å². The summed E-state index contributed by atoms with van der Waals surface area (Å²) in [5.74, 6) is 0.921. The molecule has 0 radical (unpaired) electrons. The monoisotopic (exact) mass is 277 g/mol. The van der Waals surface area contributed by atoms with Crippen LogP contribution >= 0.6 is 0 Å². The first-order chi connectivity index (χ1) is 9.61. The highest BCUT2D eigenvalue weighted by atomic mass is 16.5. The number of hydrogen-bond acceptors (Lipinski definition) is 3. The third kappa shape index (κ3) is 3.51. The predicted octanol–water partition coefficient (Wildman–Crippen LogP) is 2.06. The molecule has 1 heterocycles. The lowest BCUT2D eigenvalue weighted by Gasteiger charge is -2.23. The molecule has 0 unspecified atom stereocenters. The van der Waals surface area contributed by atoms with Crippen LogP contribution < -0.4 is 4.74 Å². The molecule has 4 nitrogen and oxygen atoms in total. The zero-order chi connectivity index (χ0) is 14.5. The number of hydrogen-bond donors (Lipinski definition) is 1. The fraction of sp³-hybridized carbons (Fsp3) is 0.562. The highest BCUT2D eigenvalue weighted by molar-refractivity contribution is 5.77. The first kappa shape index (κ1) is 14.9. The SMILES string of the molecule is Cc1ccc(C)c(OCCC(=O)N2CCC[C@@H]2CO)c1. The molecule has 0 bridgehead atoms. The second-order valence-corrected chi connectivity index (χ2v) is 5.43. The molecule has 0 aliphatic carbocycles. The Balaban J connectivity index is 1.83. The van der Waals surface area contributed by atoms with Gasteiger partial charge < -0.3 is 14.7 Å². The zero-order valence-corrected chi connectivity index (χ0v) is 12.3. The van der Waals surface area contributed by atoms with Gasteiger partial charge in [-0.15, -0.1) is 0 Å². The Morgan fingerprint density at radius 1 is 1.45 bits per heavy atom. The molecular weight excluding hydrogens is 254 g/mol. The lowest BCUT2D eigenvalue weighted by molar-refractivity contribution is -0.133. The maximum atomic E-state index is 12.1. The first-order valence-electron chi connectivity index (χ1n) is 7.22. The summed E-state index contributed by atoms with van der Waals surface area (Å²) >= 11 is 0. The lowest BCUT2D eigenvalue weighted by atomic mass is 10.1. The first-order valence-corrected chi connectivity index (χ1v) is 7.22. The zero-order valence-electron chi connectivity index (χ0n) is 12.3. The molecular formula is C16H23NO3. The molecule has 1 N–H and O–H groups in total. The number of carbonyl (C=O) groups is 1. The second kappa shape index (κ2) is 6.75. The topological polar surface area (TPSA) is 49.8 Å². The minimum Gasteiger partial charge on any atom is -0.493 e. The van der Waals surface area contributed by atoms with Crippen LogP contribution in [0, 0.1) is 13.8 Å². The van der Waals surface area contributed by atoms with Crippen LogP contribution in [0.25, 0.3) is 0 Å². The highest BCUT2D eigenvalue weighted by Gasteiger charge is 2.27. The number of rotatable bonds is 5. The van der Waals surface area contributed by atoms with Gasteiger partial charge in [0.25, 0.3) is 0 Å². The third-order valence-electron chi connectivity index (χ3n) is 3.83. The number of ether oxygens (including phenoxy) is 1. The number of amides is 1. The Labute approximate surface area is 120 Å². The van der Waals surface area contributed by atoms with E-state index < -0.39 is 0 Å². The van der Waals surface area contributed by atoms with Crippen molar-refractivity contribution in [3.05, 3.63) is 29.3 Å². The Bertz CT molecular complexity index is 473. The molecule has 0 saturated carbocycles. The summed E-state index contributed by atoms with van der Waals surface area (Å²) in [6.07, 6.45) is 2.25. The Morgan fingerprint density at radius 3 is 3.00 bits per heavy atom. The summed E-state index contributed by atoms with van der Waals surface area (Å²) in [4.78, 5) is 13.9. The van der Waals surface area contributed by atoms with Crippen molar-refractivity contribution < 1.29 is 14.6 Å². The van der Waals surface area contributed by atoms with Crippen LogP contribution in [-0.4, -0.2) is 41.7 Å². The van der Waals surface area contributed by atoms with Crippen molar-refractivity contribution in [3.8, 4) is 5.75 Å². The van der Waals surface area contributed by atoms with Gasteiger partial charge in [0.05, 0.1) is 25.7 Å². The van der Waals surface area contributed by atoms with E-state index in [0.29, 0.717) is 13.0 Å². The molecule has 1 amide bonds. The predicted molar refractivity (Wildman–Crippen MR) is 77.8 cm³/mol. The summed E-state index contributed by atoms with van der Waals surface area (Å²) in [6, 6.07) is 6.06. The van der Waals surface area contributed by atoms with E-state index in [1.54, 1.807) is 4.90 Å². The quantitative estimate of drug-likeness (QED) is 0.896. The molecule has 1 aliphatic rings. The smallest absolute Gasteiger partial charge is 0.226 e. The minimum absolute atomic E-state index is 0.00297. The molecule has 110 valence electrons. The van der Waals surface area contributed by atoms with Gasteiger partial charge in [-0.2, -0.15) is 0 Å². The molecule has 4 heteroatoms. The summed E-state index contributed by atoms with van der Waals surface area (Å²) in [5.41, 5.74) is 2.23. The van der Waals surface area contributed by atoms with Gasteiger partial charge in [-0.25, -0.2) is 0 Å². The molecule has 20 heavy (non-hydrogen) atoms. The van der Waals surface area contributed by atoms with E-state index >= 15 is 0 Å². The molecule has 1 aromatic carbocycles. The van der Waals surface area contributed by atoms with E-state index in [4.69, 9.17) is 4.74 Å². The van der Waals surface area contributed by atoms with E-state index in [1.165, 1.54) is 0 Å². The van der Waals surface area contributed by atoms with Gasteiger partial charge >= 0.3 is 0 Å². The second-order valence-electron chi connectivity index (χ2n) is 5.43. The van der Waals surface area contributed by atoms with Crippen molar-refractivity contribution in [2.24, 2.45) is 0 Å². The maximum Gasteiger partial charge on any atom is 0.226 e. The van der Waals surface area contributed by atoms with Crippen LogP contribution in [0.15, 0.2) is 18.2 Å². The van der Waals surface area contributed by atoms with Gasteiger partial charge in [-0.3, -0.25) is 4.79 Å². The van der Waals surface area contributed by atoms with Gasteiger partial charge in [0.1, 0.15) is 5.75 Å². The van der Waals surface area contributed by atoms with Crippen molar-refractivity contribution in [2.45, 2.75) is 39.2 Å². The molecule has 2 rings (SSSR count). The van der Waals surface area contributed by atoms with E-state index in [1.807, 2.05) is 32.0 Å². The number of carbonyl (C=O) groups excluding carboxylic acids is 1. The normalized spacial score (nSPS) is 18.4. The van der Waals surface area contributed by atoms with Gasteiger partial charge in [-0.1, -0.05) is 12.1 Å². The van der Waals surface area contributed by atoms with Crippen LogP contribution in [0.3, 0.4) is 0 Å². The number of benzene rings is 1. The number of nitrogens with zero attached hydrogens (tertiary/aromatic N) is 1. The van der Waals surface area contributed by atoms with Gasteiger partial charge in [-0.05, 0) is 43.9 Å². The highest BCUT2D eigenvalue weighted by Crippen LogP contribution is 2.20. The molecule has 1 atom stereocenters. The minimum atomic E-state index is 0.00297. The fourth-order valence-electron chi connectivity index (χ4n) is 2.61. The van der Waals surface area contributed by atoms with Crippen molar-refractivity contribution >= 4 is 5.91 Å². The van der Waals surface area contributed by atoms with Crippen molar-refractivity contribution in [1.29, 1.82) is 0 Å². The Kier molecular flexibility index (Phi) is 5.01. The molecule has 1 saturated heterocycles. The summed E-state index contributed by atoms with van der Waals surface area (Å²) in [7, 11) is 0. The van der Waals surface area contributed by atoms with Crippen molar-refractivity contribution in [2.75, 3.05) is 19.8 Å². The average Bonchev–Trinajstić information content (AvgIpc) is 2.91. The number of likely N-dealkylation sites (tertiary alicyclic amines) is 1. The van der Waals surface area contributed by atoms with E-state index in [0.717, 1.165) is 36.3 Å². The molecule has 1 aliphatic heterocycles. The lowest BCUT2D eigenvalue weighted by Crippen LogP contribution is -2.38. The number of aliphatic hydroxyl groups excluding tert-OH is 1. The number of aliphatic hydroxyl groups is 1. The Morgan fingerprint density at radius 2 is 2.25 bits per heavy atom. The molecule has 0 aromatic heterocycles. The summed E-state index contributed by atoms with van der Waals surface area (Å²) < 4.78 is 5.71. The van der Waals surface area contributed by atoms with Crippen LogP contribution in [0.2, 0.25) is 0 Å². The largest absolute Gasteiger partial charge is 0.493 e. The van der Waals surface area contributed by atoms with E-state index in [-0.39, 0.29) is 18.6 Å². The number of aryl methyl sites for hydroxylation is 2. The average molecular weight is 277 g/mol. The van der Waals surface area contributed by atoms with E-state index in [9.17, 15) is 9.90 Å². The van der Waals surface area contributed by atoms with Crippen LogP contribution in [-0.2, 0) is 4.79 Å². The standard InChI is InChI=1S/C16H23NO3/c1-12-5-6-13(2)15(10-12)20-9-7-16(19)17-8-3-4-14(17)11-18/h5-6,10,14,18H,3-4,7-9,11H2,1-2H3/t14-/m1/s1. The van der Waals surface area contributed by atoms with Crippen molar-refractivity contribution in [3.63, 3.8) is 0 Å². The third-order valence-corrected chi connectivity index (χ3v) is 3.83.